The van der Waals surface area contributed by atoms with Crippen LogP contribution in [0.15, 0.2) is 48.5 Å². The molecule has 0 saturated heterocycles. The van der Waals surface area contributed by atoms with Crippen molar-refractivity contribution in [2.75, 3.05) is 0 Å². The molecule has 0 aromatic heterocycles. The van der Waals surface area contributed by atoms with E-state index in [0.717, 1.165) is 0 Å². The van der Waals surface area contributed by atoms with E-state index >= 15 is 0 Å². The zero-order valence-electron chi connectivity index (χ0n) is 13.1. The van der Waals surface area contributed by atoms with Gasteiger partial charge in [-0.15, -0.1) is 0 Å². The Bertz CT molecular complexity index is 647. The fourth-order valence-electron chi connectivity index (χ4n) is 1.33. The topological polar surface area (TPSA) is 56.3 Å². The molecular weight excluding hydrogens is 284 g/mol. The van der Waals surface area contributed by atoms with Crippen LogP contribution in [0, 0.1) is 35.8 Å². The van der Waals surface area contributed by atoms with Gasteiger partial charge in [-0.25, -0.2) is 0 Å². The molecule has 2 aromatic rings. The minimum Gasteiger partial charge on any atom is -0.250 e. The third-order valence-electron chi connectivity index (χ3n) is 2.29. The first-order valence-corrected chi connectivity index (χ1v) is 6.91. The first kappa shape index (κ1) is 19.4. The highest BCUT2D eigenvalue weighted by atomic mass is 14.7. The summed E-state index contributed by atoms with van der Waals surface area (Å²) in [6.45, 7) is 17.6. The number of nitriles is 2. The Kier molecular flexibility index (Phi) is 10.3. The van der Waals surface area contributed by atoms with E-state index in [0.29, 0.717) is 22.5 Å². The summed E-state index contributed by atoms with van der Waals surface area (Å²) >= 11 is 0. The predicted octanol–water partition coefficient (Wildman–Crippen LogP) is 5.63. The smallest absolute Gasteiger partial charge is 0.194 e. The highest BCUT2D eigenvalue weighted by molar-refractivity contribution is 5.69. The normalized spacial score (nSPS) is 7.57. The molecule has 0 unspecified atom stereocenters. The maximum Gasteiger partial charge on any atom is 0.194 e. The van der Waals surface area contributed by atoms with Gasteiger partial charge in [-0.05, 0) is 12.1 Å². The number of nitrogens with zero attached hydrogens (tertiary/aromatic N) is 4. The fraction of sp³-hybridized carbons (Fsp3) is 0.158. The molecular formula is C19H16N4. The molecule has 2 rings (SSSR count). The number of para-hydroxylation sites is 2. The van der Waals surface area contributed by atoms with E-state index in [9.17, 15) is 0 Å². The second-order valence-electron chi connectivity index (χ2n) is 4.19. The Balaban J connectivity index is 0.000000360. The summed E-state index contributed by atoms with van der Waals surface area (Å²) in [4.78, 5) is 6.36. The molecule has 112 valence electrons. The van der Waals surface area contributed by atoms with Crippen molar-refractivity contribution in [3.8, 4) is 12.1 Å². The highest BCUT2D eigenvalue weighted by Gasteiger charge is 1.96. The van der Waals surface area contributed by atoms with Gasteiger partial charge in [0.1, 0.15) is 12.1 Å². The van der Waals surface area contributed by atoms with Crippen molar-refractivity contribution in [1.82, 2.24) is 0 Å². The van der Waals surface area contributed by atoms with Crippen LogP contribution in [0.3, 0.4) is 0 Å². The minimum atomic E-state index is 0.428. The van der Waals surface area contributed by atoms with Crippen molar-refractivity contribution in [2.45, 2.75) is 20.3 Å². The molecule has 4 heteroatoms. The lowest BCUT2D eigenvalue weighted by Crippen LogP contribution is -1.79. The van der Waals surface area contributed by atoms with Gasteiger partial charge < -0.3 is 0 Å². The molecule has 0 spiro atoms. The summed E-state index contributed by atoms with van der Waals surface area (Å²) < 4.78 is 0. The molecule has 0 atom stereocenters. The SMILES string of the molecule is CCC.N#Cc1ccccc1C#N.[C-]#[N+]c1ccccc1[N+]#[C-]. The summed E-state index contributed by atoms with van der Waals surface area (Å²) in [5.41, 5.74) is 1.73. The van der Waals surface area contributed by atoms with E-state index in [2.05, 4.69) is 23.5 Å². The van der Waals surface area contributed by atoms with E-state index in [1.165, 1.54) is 6.42 Å². The van der Waals surface area contributed by atoms with E-state index in [-0.39, 0.29) is 0 Å². The van der Waals surface area contributed by atoms with Gasteiger partial charge in [-0.2, -0.15) is 10.5 Å². The highest BCUT2D eigenvalue weighted by Crippen LogP contribution is 2.26. The van der Waals surface area contributed by atoms with E-state index < -0.39 is 0 Å². The molecule has 2 aromatic carbocycles. The van der Waals surface area contributed by atoms with Crippen LogP contribution in [0.2, 0.25) is 0 Å². The second kappa shape index (κ2) is 12.2. The van der Waals surface area contributed by atoms with Gasteiger partial charge in [0.2, 0.25) is 0 Å². The Morgan fingerprint density at radius 2 is 1.09 bits per heavy atom. The van der Waals surface area contributed by atoms with Gasteiger partial charge in [-0.3, -0.25) is 9.69 Å². The molecule has 0 amide bonds. The van der Waals surface area contributed by atoms with Crippen LogP contribution in [0.25, 0.3) is 9.69 Å². The van der Waals surface area contributed by atoms with E-state index in [1.54, 1.807) is 48.5 Å². The largest absolute Gasteiger partial charge is 0.250 e. The zero-order valence-corrected chi connectivity index (χ0v) is 13.1. The average molecular weight is 300 g/mol. The van der Waals surface area contributed by atoms with Crippen LogP contribution in [0.1, 0.15) is 31.4 Å². The molecule has 0 fully saturated rings. The van der Waals surface area contributed by atoms with Crippen LogP contribution < -0.4 is 0 Å². The van der Waals surface area contributed by atoms with Crippen LogP contribution in [-0.4, -0.2) is 0 Å². The van der Waals surface area contributed by atoms with Crippen LogP contribution in [0.5, 0.6) is 0 Å². The Morgan fingerprint density at radius 3 is 1.35 bits per heavy atom. The van der Waals surface area contributed by atoms with E-state index in [1.807, 2.05) is 12.1 Å². The van der Waals surface area contributed by atoms with Gasteiger partial charge >= 0.3 is 0 Å². The fourth-order valence-corrected chi connectivity index (χ4v) is 1.33. The van der Waals surface area contributed by atoms with Crippen molar-refractivity contribution in [3.63, 3.8) is 0 Å². The first-order chi connectivity index (χ1) is 11.2. The lowest BCUT2D eigenvalue weighted by molar-refractivity contribution is 1.09. The predicted molar refractivity (Wildman–Crippen MR) is 90.8 cm³/mol. The molecule has 23 heavy (non-hydrogen) atoms. The molecule has 0 aliphatic heterocycles. The van der Waals surface area contributed by atoms with Gasteiger partial charge in [0.15, 0.2) is 11.4 Å². The lowest BCUT2D eigenvalue weighted by atomic mass is 10.1. The number of rotatable bonds is 0. The molecule has 0 saturated carbocycles. The van der Waals surface area contributed by atoms with Gasteiger partial charge in [0.05, 0.1) is 24.3 Å². The molecule has 0 heterocycles. The Labute approximate surface area is 137 Å². The summed E-state index contributed by atoms with van der Waals surface area (Å²) in [5, 5.41) is 16.9. The number of hydrogen-bond donors (Lipinski definition) is 0. The quantitative estimate of drug-likeness (QED) is 0.591. The van der Waals surface area contributed by atoms with Gasteiger partial charge in [0.25, 0.3) is 0 Å². The van der Waals surface area contributed by atoms with Crippen LogP contribution in [-0.2, 0) is 0 Å². The maximum atomic E-state index is 8.45. The van der Waals surface area contributed by atoms with Crippen LogP contribution in [0.4, 0.5) is 11.4 Å². The molecule has 4 nitrogen and oxygen atoms in total. The maximum absolute atomic E-state index is 8.45. The molecule has 0 N–H and O–H groups in total. The minimum absolute atomic E-state index is 0.428. The van der Waals surface area contributed by atoms with Crippen LogP contribution >= 0.6 is 0 Å². The third-order valence-corrected chi connectivity index (χ3v) is 2.29. The Hall–Kier alpha value is -3.60. The van der Waals surface area contributed by atoms with Crippen molar-refractivity contribution >= 4 is 11.4 Å². The number of benzene rings is 2. The molecule has 0 radical (unpaired) electrons. The summed E-state index contributed by atoms with van der Waals surface area (Å²) in [5.74, 6) is 0. The van der Waals surface area contributed by atoms with Crippen molar-refractivity contribution in [2.24, 2.45) is 0 Å². The zero-order chi connectivity index (χ0) is 17.5. The van der Waals surface area contributed by atoms with Crippen molar-refractivity contribution in [1.29, 1.82) is 10.5 Å². The third kappa shape index (κ3) is 7.10. The van der Waals surface area contributed by atoms with Gasteiger partial charge in [0, 0.05) is 0 Å². The number of hydrogen-bond acceptors (Lipinski definition) is 2. The van der Waals surface area contributed by atoms with Crippen molar-refractivity contribution < 1.29 is 0 Å². The summed E-state index contributed by atoms with van der Waals surface area (Å²) in [7, 11) is 0. The Morgan fingerprint density at radius 1 is 0.783 bits per heavy atom. The summed E-state index contributed by atoms with van der Waals surface area (Å²) in [6, 6.07) is 17.3. The molecule has 0 aliphatic carbocycles. The molecule has 0 bridgehead atoms. The van der Waals surface area contributed by atoms with E-state index in [4.69, 9.17) is 23.7 Å². The van der Waals surface area contributed by atoms with Crippen molar-refractivity contribution in [3.05, 3.63) is 82.5 Å². The van der Waals surface area contributed by atoms with Gasteiger partial charge in [-0.1, -0.05) is 56.7 Å². The lowest BCUT2D eigenvalue weighted by Gasteiger charge is -1.88. The second-order valence-corrected chi connectivity index (χ2v) is 4.19. The summed E-state index contributed by atoms with van der Waals surface area (Å²) in [6.07, 6.45) is 1.25. The standard InChI is InChI=1S/2C8H4N2.C3H8/c1-9-7-5-3-4-6-8(7)10-2;9-5-7-3-1-2-4-8(7)6-10;1-3-2/h3-6H;1-4H;3H2,1-2H3. The first-order valence-electron chi connectivity index (χ1n) is 6.91. The molecule has 0 aliphatic rings. The monoisotopic (exact) mass is 300 g/mol. The average Bonchev–Trinajstić information content (AvgIpc) is 2.62.